The third kappa shape index (κ3) is 4.44. The average molecular weight is 291 g/mol. The van der Waals surface area contributed by atoms with Crippen molar-refractivity contribution >= 4 is 29.2 Å². The lowest BCUT2D eigenvalue weighted by Gasteiger charge is -2.25. The van der Waals surface area contributed by atoms with Crippen LogP contribution in [0.5, 0.6) is 0 Å². The number of methoxy groups -OCH3 is 1. The van der Waals surface area contributed by atoms with Crippen LogP contribution < -0.4 is 0 Å². The Bertz CT molecular complexity index is 425. The molecule has 0 atom stereocenters. The predicted molar refractivity (Wildman–Crippen MR) is 71.8 cm³/mol. The quantitative estimate of drug-likeness (QED) is 0.618. The summed E-state index contributed by atoms with van der Waals surface area (Å²) < 4.78 is 4.66. The molecule has 0 saturated heterocycles. The van der Waals surface area contributed by atoms with Crippen molar-refractivity contribution < 1.29 is 9.53 Å². The third-order valence-corrected chi connectivity index (χ3v) is 3.08. The molecule has 0 aliphatic rings. The molecule has 6 heteroatoms. The summed E-state index contributed by atoms with van der Waals surface area (Å²) in [6, 6.07) is 3.50. The molecule has 0 aliphatic heterocycles. The van der Waals surface area contributed by atoms with E-state index in [0.717, 1.165) is 0 Å². The summed E-state index contributed by atoms with van der Waals surface area (Å²) in [4.78, 5) is 17.4. The van der Waals surface area contributed by atoms with Crippen molar-refractivity contribution in [3.63, 3.8) is 0 Å². The van der Waals surface area contributed by atoms with Gasteiger partial charge in [0.15, 0.2) is 0 Å². The molecule has 0 N–H and O–H groups in total. The second-order valence-electron chi connectivity index (χ2n) is 4.14. The Morgan fingerprint density at radius 1 is 1.44 bits per heavy atom. The first kappa shape index (κ1) is 15.2. The monoisotopic (exact) mass is 290 g/mol. The number of hydrogen-bond donors (Lipinski definition) is 0. The standard InChI is InChI=1S/C12H16Cl2N2O2/c1-8(2)16(7-12(17)18-3)6-10-9(13)4-5-11(14)15-10/h4-5,8H,6-7H2,1-3H3. The molecular weight excluding hydrogens is 275 g/mol. The number of esters is 1. The number of ether oxygens (including phenoxy) is 1. The molecule has 0 aliphatic carbocycles. The van der Waals surface area contributed by atoms with E-state index in [9.17, 15) is 4.79 Å². The summed E-state index contributed by atoms with van der Waals surface area (Å²) in [6.07, 6.45) is 0. The number of pyridine rings is 1. The van der Waals surface area contributed by atoms with E-state index in [4.69, 9.17) is 23.2 Å². The lowest BCUT2D eigenvalue weighted by atomic mass is 10.2. The maximum absolute atomic E-state index is 11.3. The van der Waals surface area contributed by atoms with E-state index < -0.39 is 0 Å². The molecule has 100 valence electrons. The van der Waals surface area contributed by atoms with Crippen LogP contribution in [0.3, 0.4) is 0 Å². The maximum atomic E-state index is 11.3. The van der Waals surface area contributed by atoms with Crippen LogP contribution in [0.1, 0.15) is 19.5 Å². The van der Waals surface area contributed by atoms with E-state index in [2.05, 4.69) is 9.72 Å². The van der Waals surface area contributed by atoms with E-state index in [0.29, 0.717) is 22.4 Å². The lowest BCUT2D eigenvalue weighted by Crippen LogP contribution is -2.36. The Hall–Kier alpha value is -0.840. The van der Waals surface area contributed by atoms with Crippen LogP contribution in [0.4, 0.5) is 0 Å². The van der Waals surface area contributed by atoms with E-state index in [-0.39, 0.29) is 18.6 Å². The van der Waals surface area contributed by atoms with Gasteiger partial charge in [0, 0.05) is 12.6 Å². The van der Waals surface area contributed by atoms with Crippen molar-refractivity contribution in [1.29, 1.82) is 0 Å². The molecule has 0 radical (unpaired) electrons. The van der Waals surface area contributed by atoms with Gasteiger partial charge in [0.1, 0.15) is 5.15 Å². The number of carbonyl (C=O) groups excluding carboxylic acids is 1. The predicted octanol–water partition coefficient (Wildman–Crippen LogP) is 2.77. The van der Waals surface area contributed by atoms with Gasteiger partial charge in [-0.3, -0.25) is 9.69 Å². The van der Waals surface area contributed by atoms with Gasteiger partial charge in [-0.15, -0.1) is 0 Å². The minimum absolute atomic E-state index is 0.168. The Balaban J connectivity index is 2.83. The molecule has 0 spiro atoms. The highest BCUT2D eigenvalue weighted by molar-refractivity contribution is 6.32. The summed E-state index contributed by atoms with van der Waals surface area (Å²) in [5.41, 5.74) is 0.654. The Morgan fingerprint density at radius 3 is 2.67 bits per heavy atom. The fourth-order valence-electron chi connectivity index (χ4n) is 1.41. The first-order valence-corrected chi connectivity index (χ1v) is 6.31. The molecule has 0 saturated carbocycles. The normalized spacial score (nSPS) is 11.1. The third-order valence-electron chi connectivity index (χ3n) is 2.53. The zero-order chi connectivity index (χ0) is 13.7. The Kier molecular flexibility index (Phi) is 5.85. The van der Waals surface area contributed by atoms with Crippen molar-refractivity contribution in [3.05, 3.63) is 28.0 Å². The second-order valence-corrected chi connectivity index (χ2v) is 4.93. The minimum atomic E-state index is -0.290. The largest absolute Gasteiger partial charge is 0.468 e. The van der Waals surface area contributed by atoms with Crippen LogP contribution in [0.15, 0.2) is 12.1 Å². The number of nitrogens with zero attached hydrogens (tertiary/aromatic N) is 2. The maximum Gasteiger partial charge on any atom is 0.319 e. The zero-order valence-corrected chi connectivity index (χ0v) is 12.1. The topological polar surface area (TPSA) is 42.4 Å². The molecule has 0 fully saturated rings. The van der Waals surface area contributed by atoms with Gasteiger partial charge in [0.25, 0.3) is 0 Å². The Labute approximate surface area is 117 Å². The molecule has 1 rings (SSSR count). The number of halogens is 2. The van der Waals surface area contributed by atoms with E-state index in [1.165, 1.54) is 7.11 Å². The van der Waals surface area contributed by atoms with Crippen molar-refractivity contribution in [3.8, 4) is 0 Å². The molecule has 18 heavy (non-hydrogen) atoms. The molecular formula is C12H16Cl2N2O2. The van der Waals surface area contributed by atoms with Gasteiger partial charge < -0.3 is 4.74 Å². The Morgan fingerprint density at radius 2 is 2.11 bits per heavy atom. The zero-order valence-electron chi connectivity index (χ0n) is 10.6. The SMILES string of the molecule is COC(=O)CN(Cc1nc(Cl)ccc1Cl)C(C)C. The fourth-order valence-corrected chi connectivity index (χ4v) is 1.74. The van der Waals surface area contributed by atoms with Crippen molar-refractivity contribution in [1.82, 2.24) is 9.88 Å². The van der Waals surface area contributed by atoms with Crippen LogP contribution in [-0.2, 0) is 16.1 Å². The van der Waals surface area contributed by atoms with Crippen LogP contribution in [0.2, 0.25) is 10.2 Å². The van der Waals surface area contributed by atoms with Crippen LogP contribution >= 0.6 is 23.2 Å². The first-order chi connectivity index (χ1) is 8.43. The summed E-state index contributed by atoms with van der Waals surface area (Å²) in [6.45, 7) is 4.62. The average Bonchev–Trinajstić information content (AvgIpc) is 2.32. The molecule has 0 bridgehead atoms. The van der Waals surface area contributed by atoms with Crippen LogP contribution in [-0.4, -0.2) is 35.5 Å². The van der Waals surface area contributed by atoms with E-state index >= 15 is 0 Å². The number of aromatic nitrogens is 1. The van der Waals surface area contributed by atoms with E-state index in [1.54, 1.807) is 12.1 Å². The summed E-state index contributed by atoms with van der Waals surface area (Å²) in [7, 11) is 1.37. The molecule has 1 heterocycles. The summed E-state index contributed by atoms with van der Waals surface area (Å²) in [5.74, 6) is -0.290. The number of hydrogen-bond acceptors (Lipinski definition) is 4. The summed E-state index contributed by atoms with van der Waals surface area (Å²) >= 11 is 11.9. The smallest absolute Gasteiger partial charge is 0.319 e. The van der Waals surface area contributed by atoms with Gasteiger partial charge in [-0.2, -0.15) is 0 Å². The van der Waals surface area contributed by atoms with E-state index in [1.807, 2.05) is 18.7 Å². The van der Waals surface area contributed by atoms with Crippen molar-refractivity contribution in [2.45, 2.75) is 26.4 Å². The lowest BCUT2D eigenvalue weighted by molar-refractivity contribution is -0.142. The molecule has 0 unspecified atom stereocenters. The molecule has 1 aromatic rings. The fraction of sp³-hybridized carbons (Fsp3) is 0.500. The van der Waals surface area contributed by atoms with Gasteiger partial charge in [0.05, 0.1) is 24.4 Å². The number of rotatable bonds is 5. The highest BCUT2D eigenvalue weighted by Crippen LogP contribution is 2.19. The van der Waals surface area contributed by atoms with Gasteiger partial charge >= 0.3 is 5.97 Å². The molecule has 1 aromatic heterocycles. The van der Waals surface area contributed by atoms with Crippen LogP contribution in [0, 0.1) is 0 Å². The van der Waals surface area contributed by atoms with Crippen molar-refractivity contribution in [2.75, 3.05) is 13.7 Å². The summed E-state index contributed by atoms with van der Waals surface area (Å²) in [5, 5.41) is 0.922. The minimum Gasteiger partial charge on any atom is -0.468 e. The van der Waals surface area contributed by atoms with Gasteiger partial charge in [0.2, 0.25) is 0 Å². The molecule has 0 aromatic carbocycles. The second kappa shape index (κ2) is 6.92. The van der Waals surface area contributed by atoms with Crippen LogP contribution in [0.25, 0.3) is 0 Å². The van der Waals surface area contributed by atoms with Gasteiger partial charge in [-0.05, 0) is 26.0 Å². The number of carbonyl (C=O) groups is 1. The highest BCUT2D eigenvalue weighted by Gasteiger charge is 2.17. The highest BCUT2D eigenvalue weighted by atomic mass is 35.5. The first-order valence-electron chi connectivity index (χ1n) is 5.55. The van der Waals surface area contributed by atoms with Gasteiger partial charge in [-0.25, -0.2) is 4.98 Å². The van der Waals surface area contributed by atoms with Gasteiger partial charge in [-0.1, -0.05) is 23.2 Å². The molecule has 4 nitrogen and oxygen atoms in total. The molecule has 0 amide bonds. The van der Waals surface area contributed by atoms with Crippen molar-refractivity contribution in [2.24, 2.45) is 0 Å².